The van der Waals surface area contributed by atoms with Crippen molar-refractivity contribution in [3.05, 3.63) is 24.3 Å². The van der Waals surface area contributed by atoms with E-state index in [0.29, 0.717) is 5.41 Å². The van der Waals surface area contributed by atoms with E-state index in [0.717, 1.165) is 13.1 Å². The Bertz CT molecular complexity index is 441. The van der Waals surface area contributed by atoms with Crippen LogP contribution in [0.15, 0.2) is 24.3 Å². The monoisotopic (exact) mass is 304 g/mol. The molecule has 1 aromatic carbocycles. The second kappa shape index (κ2) is 7.08. The molecule has 0 saturated heterocycles. The van der Waals surface area contributed by atoms with Crippen molar-refractivity contribution in [1.82, 2.24) is 0 Å². The van der Waals surface area contributed by atoms with Gasteiger partial charge in [-0.2, -0.15) is 0 Å². The molecule has 2 nitrogen and oxygen atoms in total. The van der Waals surface area contributed by atoms with Crippen molar-refractivity contribution < 1.29 is 0 Å². The summed E-state index contributed by atoms with van der Waals surface area (Å²) in [5.74, 6) is 4.82. The van der Waals surface area contributed by atoms with Gasteiger partial charge in [0.25, 0.3) is 0 Å². The van der Waals surface area contributed by atoms with Gasteiger partial charge in [-0.15, -0.1) is 0 Å². The highest BCUT2D eigenvalue weighted by Crippen LogP contribution is 2.30. The molecule has 0 aliphatic carbocycles. The van der Waals surface area contributed by atoms with E-state index in [1.54, 1.807) is 0 Å². The minimum atomic E-state index is -0.914. The van der Waals surface area contributed by atoms with Crippen molar-refractivity contribution >= 4 is 25.7 Å². The zero-order valence-electron chi connectivity index (χ0n) is 15.2. The van der Waals surface area contributed by atoms with Gasteiger partial charge in [0.2, 0.25) is 0 Å². The van der Waals surface area contributed by atoms with Crippen LogP contribution in [0.25, 0.3) is 0 Å². The maximum Gasteiger partial charge on any atom is 0.407 e. The Balaban J connectivity index is 3.03. The van der Waals surface area contributed by atoms with Crippen LogP contribution < -0.4 is 9.20 Å². The summed E-state index contributed by atoms with van der Waals surface area (Å²) in [5.41, 5.74) is 3.25. The van der Waals surface area contributed by atoms with Gasteiger partial charge < -0.3 is 9.20 Å². The molecule has 1 N–H and O–H groups in total. The highest BCUT2D eigenvalue weighted by molar-refractivity contribution is 6.60. The Labute approximate surface area is 136 Å². The lowest BCUT2D eigenvalue weighted by atomic mass is 9.96. The van der Waals surface area contributed by atoms with Gasteiger partial charge in [-0.1, -0.05) is 65.2 Å². The highest BCUT2D eigenvalue weighted by Gasteiger charge is 2.24. The predicted molar refractivity (Wildman–Crippen MR) is 98.7 cm³/mol. The first kappa shape index (κ1) is 18.4. The van der Waals surface area contributed by atoms with Crippen molar-refractivity contribution in [3.63, 3.8) is 0 Å². The van der Waals surface area contributed by atoms with Crippen molar-refractivity contribution in [2.75, 3.05) is 22.3 Å². The lowest BCUT2D eigenvalue weighted by Crippen LogP contribution is -2.41. The Morgan fingerprint density at radius 3 is 2.00 bits per heavy atom. The maximum absolute atomic E-state index is 3.65. The smallest absolute Gasteiger partial charge is 0.407 e. The molecule has 1 aromatic rings. The van der Waals surface area contributed by atoms with E-state index in [2.05, 4.69) is 86.6 Å². The lowest BCUT2D eigenvalue weighted by Gasteiger charge is -2.36. The Kier molecular flexibility index (Phi) is 6.20. The normalized spacial score (nSPS) is 12.2. The van der Waals surface area contributed by atoms with E-state index < -0.39 is 14.4 Å². The quantitative estimate of drug-likeness (QED) is 0.748. The van der Waals surface area contributed by atoms with Crippen molar-refractivity contribution in [3.8, 4) is 0 Å². The van der Waals surface area contributed by atoms with Gasteiger partial charge in [0, 0.05) is 12.2 Å². The lowest BCUT2D eigenvalue weighted by molar-refractivity contribution is 0.428. The molecule has 1 rings (SSSR count). The van der Waals surface area contributed by atoms with Crippen molar-refractivity contribution in [2.45, 2.75) is 53.1 Å². The van der Waals surface area contributed by atoms with Crippen LogP contribution in [0, 0.1) is 10.8 Å². The Morgan fingerprint density at radius 1 is 0.952 bits per heavy atom. The molecule has 0 aliphatic rings. The van der Waals surface area contributed by atoms with Gasteiger partial charge in [-0.3, -0.25) is 0 Å². The van der Waals surface area contributed by atoms with Gasteiger partial charge in [0.15, 0.2) is 0 Å². The van der Waals surface area contributed by atoms with Crippen molar-refractivity contribution in [1.29, 1.82) is 0 Å². The van der Waals surface area contributed by atoms with Crippen LogP contribution in [-0.2, 0) is 0 Å². The van der Waals surface area contributed by atoms with Crippen molar-refractivity contribution in [2.24, 2.45) is 10.8 Å². The van der Waals surface area contributed by atoms with Crippen LogP contribution in [0.5, 0.6) is 0 Å². The van der Waals surface area contributed by atoms with Gasteiger partial charge in [0.05, 0.1) is 5.69 Å². The third-order valence-corrected chi connectivity index (χ3v) is 5.00. The first-order chi connectivity index (χ1) is 9.49. The highest BCUT2D eigenvalue weighted by atomic mass is 27.2. The summed E-state index contributed by atoms with van der Waals surface area (Å²) < 4.78 is 2.64. The van der Waals surface area contributed by atoms with Gasteiger partial charge >= 0.3 is 14.4 Å². The molecule has 0 radical (unpaired) electrons. The molecule has 0 spiro atoms. The van der Waals surface area contributed by atoms with Gasteiger partial charge in [0.1, 0.15) is 0 Å². The van der Waals surface area contributed by atoms with Crippen LogP contribution >= 0.6 is 0 Å². The molecular formula is C18H33AlN2. The van der Waals surface area contributed by atoms with E-state index in [9.17, 15) is 0 Å². The maximum atomic E-state index is 3.65. The second-order valence-corrected chi connectivity index (χ2v) is 11.5. The van der Waals surface area contributed by atoms with Crippen LogP contribution in [0.2, 0.25) is 11.6 Å². The van der Waals surface area contributed by atoms with Crippen LogP contribution in [0.1, 0.15) is 41.5 Å². The number of anilines is 2. The molecule has 0 bridgehead atoms. The molecule has 0 aliphatic heterocycles. The zero-order valence-corrected chi connectivity index (χ0v) is 16.4. The molecule has 0 heterocycles. The van der Waals surface area contributed by atoms with Crippen LogP contribution in [-0.4, -0.2) is 27.5 Å². The number of rotatable bonds is 5. The zero-order chi connectivity index (χ0) is 16.3. The van der Waals surface area contributed by atoms with E-state index >= 15 is 0 Å². The summed E-state index contributed by atoms with van der Waals surface area (Å²) in [6.07, 6.45) is 0. The van der Waals surface area contributed by atoms with Crippen LogP contribution in [0.4, 0.5) is 11.4 Å². The van der Waals surface area contributed by atoms with E-state index in [4.69, 9.17) is 0 Å². The first-order valence-corrected chi connectivity index (χ1v) is 10.9. The summed E-state index contributed by atoms with van der Waals surface area (Å²) in [7, 11) is 0. The third-order valence-electron chi connectivity index (χ3n) is 3.29. The van der Waals surface area contributed by atoms with Gasteiger partial charge in [-0.25, -0.2) is 0 Å². The fraction of sp³-hybridized carbons (Fsp3) is 0.667. The summed E-state index contributed by atoms with van der Waals surface area (Å²) in [6, 6.07) is 8.77. The first-order valence-electron chi connectivity index (χ1n) is 8.09. The molecule has 0 unspecified atom stereocenters. The molecule has 118 valence electrons. The topological polar surface area (TPSA) is 15.3 Å². The molecule has 0 amide bonds. The average Bonchev–Trinajstić information content (AvgIpc) is 2.32. The fourth-order valence-electron chi connectivity index (χ4n) is 2.29. The Hall–Kier alpha value is -0.648. The molecular weight excluding hydrogens is 271 g/mol. The Morgan fingerprint density at radius 2 is 1.52 bits per heavy atom. The predicted octanol–water partition coefficient (Wildman–Crippen LogP) is 5.25. The van der Waals surface area contributed by atoms with E-state index in [-0.39, 0.29) is 5.41 Å². The minimum absolute atomic E-state index is 0.289. The molecule has 0 atom stereocenters. The second-order valence-electron chi connectivity index (χ2n) is 8.71. The third kappa shape index (κ3) is 6.76. The molecule has 21 heavy (non-hydrogen) atoms. The number of para-hydroxylation sites is 2. The molecule has 0 fully saturated rings. The fourth-order valence-corrected chi connectivity index (χ4v) is 3.99. The summed E-state index contributed by atoms with van der Waals surface area (Å²) in [6.45, 7) is 15.9. The number of nitrogens with zero attached hydrogens (tertiary/aromatic N) is 1. The minimum Gasteiger partial charge on any atom is -0.461 e. The van der Waals surface area contributed by atoms with Gasteiger partial charge in [-0.05, 0) is 29.5 Å². The molecule has 0 aromatic heterocycles. The largest absolute Gasteiger partial charge is 0.461 e. The number of nitrogens with one attached hydrogen (secondary N) is 1. The summed E-state index contributed by atoms with van der Waals surface area (Å²) in [5, 5.41) is 3.65. The average molecular weight is 304 g/mol. The summed E-state index contributed by atoms with van der Waals surface area (Å²) in [4.78, 5) is 0. The number of benzene rings is 1. The number of hydrogen-bond acceptors (Lipinski definition) is 2. The van der Waals surface area contributed by atoms with Crippen LogP contribution in [0.3, 0.4) is 0 Å². The van der Waals surface area contributed by atoms with E-state index in [1.807, 2.05) is 0 Å². The molecule has 3 heteroatoms. The molecule has 0 saturated carbocycles. The SMILES string of the molecule is [CH3][Al]([CH3])[N](CC(C)(C)C)c1ccccc1NCC(C)(C)C. The summed E-state index contributed by atoms with van der Waals surface area (Å²) >= 11 is -0.914. The standard InChI is InChI=1S/C16H27N2.2CH3.Al/c1-15(2,3)11-17-13-9-7-8-10-14(13)18-12-16(4,5)6;;;/h7-10,17H,11-12H2,1-6H3;2*1H3;/q-1;;;+1. The van der Waals surface area contributed by atoms with E-state index in [1.165, 1.54) is 11.4 Å². The number of hydrogen-bond donors (Lipinski definition) is 1.